The van der Waals surface area contributed by atoms with E-state index in [4.69, 9.17) is 14.2 Å². The van der Waals surface area contributed by atoms with Gasteiger partial charge in [0.2, 0.25) is 5.91 Å². The van der Waals surface area contributed by atoms with Crippen LogP contribution in [-0.4, -0.2) is 89.6 Å². The monoisotopic (exact) mass is 290 g/mol. The molecule has 0 heterocycles. The molecule has 0 rings (SSSR count). The van der Waals surface area contributed by atoms with Crippen molar-refractivity contribution in [1.82, 2.24) is 9.80 Å². The van der Waals surface area contributed by atoms with Gasteiger partial charge in [0.1, 0.15) is 0 Å². The molecule has 0 N–H and O–H groups in total. The second kappa shape index (κ2) is 13.3. The van der Waals surface area contributed by atoms with Crippen LogP contribution < -0.4 is 0 Å². The average Bonchev–Trinajstić information content (AvgIpc) is 2.41. The molecule has 0 bridgehead atoms. The quantitative estimate of drug-likeness (QED) is 0.461. The molecule has 0 aliphatic heterocycles. The van der Waals surface area contributed by atoms with Crippen molar-refractivity contribution in [2.24, 2.45) is 0 Å². The molecule has 120 valence electrons. The van der Waals surface area contributed by atoms with E-state index in [-0.39, 0.29) is 5.91 Å². The molecule has 20 heavy (non-hydrogen) atoms. The van der Waals surface area contributed by atoms with Crippen molar-refractivity contribution in [2.45, 2.75) is 13.3 Å². The molecule has 1 amide bonds. The van der Waals surface area contributed by atoms with Crippen LogP contribution in [0.4, 0.5) is 0 Å². The first-order valence-corrected chi connectivity index (χ1v) is 7.18. The molecule has 0 spiro atoms. The lowest BCUT2D eigenvalue weighted by molar-refractivity contribution is -0.131. The Hall–Kier alpha value is -0.690. The smallest absolute Gasteiger partial charge is 0.236 e. The van der Waals surface area contributed by atoms with E-state index in [1.165, 1.54) is 0 Å². The second-order valence-corrected chi connectivity index (χ2v) is 4.77. The van der Waals surface area contributed by atoms with E-state index >= 15 is 0 Å². The number of hydrogen-bond acceptors (Lipinski definition) is 5. The Morgan fingerprint density at radius 1 is 0.950 bits per heavy atom. The largest absolute Gasteiger partial charge is 0.382 e. The van der Waals surface area contributed by atoms with Gasteiger partial charge in [0.25, 0.3) is 0 Å². The summed E-state index contributed by atoms with van der Waals surface area (Å²) in [4.78, 5) is 15.6. The summed E-state index contributed by atoms with van der Waals surface area (Å²) in [6.45, 7) is 6.93. The minimum Gasteiger partial charge on any atom is -0.382 e. The lowest BCUT2D eigenvalue weighted by Gasteiger charge is -2.21. The summed E-state index contributed by atoms with van der Waals surface area (Å²) in [5.74, 6) is 0.126. The Morgan fingerprint density at radius 3 is 2.15 bits per heavy atom. The van der Waals surface area contributed by atoms with Crippen LogP contribution in [0.25, 0.3) is 0 Å². The number of hydrogen-bond donors (Lipinski definition) is 0. The third-order valence-corrected chi connectivity index (χ3v) is 2.81. The molecule has 0 aliphatic rings. The molecule has 0 aromatic carbocycles. The summed E-state index contributed by atoms with van der Waals surface area (Å²) in [7, 11) is 5.41. The van der Waals surface area contributed by atoms with Gasteiger partial charge in [-0.2, -0.15) is 0 Å². The van der Waals surface area contributed by atoms with Crippen molar-refractivity contribution in [3.8, 4) is 0 Å². The second-order valence-electron chi connectivity index (χ2n) is 4.77. The van der Waals surface area contributed by atoms with Crippen molar-refractivity contribution in [2.75, 3.05) is 73.9 Å². The summed E-state index contributed by atoms with van der Waals surface area (Å²) < 4.78 is 15.5. The van der Waals surface area contributed by atoms with Gasteiger partial charge >= 0.3 is 0 Å². The third kappa shape index (κ3) is 11.2. The van der Waals surface area contributed by atoms with Gasteiger partial charge in [0, 0.05) is 20.7 Å². The fourth-order valence-electron chi connectivity index (χ4n) is 1.60. The number of nitrogens with zero attached hydrogens (tertiary/aromatic N) is 2. The van der Waals surface area contributed by atoms with E-state index in [0.717, 1.165) is 13.0 Å². The minimum atomic E-state index is 0.126. The predicted molar refractivity (Wildman–Crippen MR) is 78.9 cm³/mol. The third-order valence-electron chi connectivity index (χ3n) is 2.81. The number of carbonyl (C=O) groups excluding carboxylic acids is 1. The number of amides is 1. The number of ether oxygens (including phenoxy) is 3. The molecule has 6 heteroatoms. The fraction of sp³-hybridized carbons (Fsp3) is 0.929. The first-order chi connectivity index (χ1) is 9.61. The van der Waals surface area contributed by atoms with Crippen molar-refractivity contribution < 1.29 is 19.0 Å². The fourth-order valence-corrected chi connectivity index (χ4v) is 1.60. The van der Waals surface area contributed by atoms with Gasteiger partial charge in [-0.25, -0.2) is 0 Å². The SMILES string of the molecule is CCCN(C)CC(=O)N(C)CCOCCOCCOC. The average molecular weight is 290 g/mol. The normalized spacial score (nSPS) is 11.1. The maximum atomic E-state index is 11.9. The Morgan fingerprint density at radius 2 is 1.55 bits per heavy atom. The van der Waals surface area contributed by atoms with E-state index in [0.29, 0.717) is 46.1 Å². The Balaban J connectivity index is 3.47. The first kappa shape index (κ1) is 19.3. The lowest BCUT2D eigenvalue weighted by atomic mass is 10.4. The first-order valence-electron chi connectivity index (χ1n) is 7.18. The van der Waals surface area contributed by atoms with E-state index in [1.54, 1.807) is 19.1 Å². The van der Waals surface area contributed by atoms with Gasteiger partial charge < -0.3 is 19.1 Å². The van der Waals surface area contributed by atoms with Crippen LogP contribution in [0.5, 0.6) is 0 Å². The maximum absolute atomic E-state index is 11.9. The Bertz CT molecular complexity index is 239. The van der Waals surface area contributed by atoms with Gasteiger partial charge in [-0.15, -0.1) is 0 Å². The van der Waals surface area contributed by atoms with Crippen LogP contribution in [0.15, 0.2) is 0 Å². The number of likely N-dealkylation sites (N-methyl/N-ethyl adjacent to an activating group) is 2. The highest BCUT2D eigenvalue weighted by Gasteiger charge is 2.10. The molecular formula is C14H30N2O4. The van der Waals surface area contributed by atoms with Crippen LogP contribution in [0.3, 0.4) is 0 Å². The lowest BCUT2D eigenvalue weighted by Crippen LogP contribution is -2.38. The van der Waals surface area contributed by atoms with E-state index in [1.807, 2.05) is 11.9 Å². The summed E-state index contributed by atoms with van der Waals surface area (Å²) in [6, 6.07) is 0. The molecule has 0 aromatic heterocycles. The molecule has 0 saturated heterocycles. The van der Waals surface area contributed by atoms with Crippen LogP contribution >= 0.6 is 0 Å². The summed E-state index contributed by atoms with van der Waals surface area (Å²) in [5.41, 5.74) is 0. The van der Waals surface area contributed by atoms with Gasteiger partial charge in [0.05, 0.1) is 39.6 Å². The molecule has 0 saturated carbocycles. The molecule has 0 unspecified atom stereocenters. The van der Waals surface area contributed by atoms with Crippen molar-refractivity contribution in [3.05, 3.63) is 0 Å². The topological polar surface area (TPSA) is 51.2 Å². The van der Waals surface area contributed by atoms with Gasteiger partial charge in [0.15, 0.2) is 0 Å². The number of methoxy groups -OCH3 is 1. The van der Waals surface area contributed by atoms with Crippen molar-refractivity contribution in [1.29, 1.82) is 0 Å². The summed E-state index contributed by atoms with van der Waals surface area (Å²) >= 11 is 0. The van der Waals surface area contributed by atoms with Crippen LogP contribution in [0.2, 0.25) is 0 Å². The summed E-state index contributed by atoms with van der Waals surface area (Å²) in [5, 5.41) is 0. The van der Waals surface area contributed by atoms with Crippen LogP contribution in [0.1, 0.15) is 13.3 Å². The molecule has 0 aliphatic carbocycles. The summed E-state index contributed by atoms with van der Waals surface area (Å²) in [6.07, 6.45) is 1.06. The van der Waals surface area contributed by atoms with Crippen molar-refractivity contribution >= 4 is 5.91 Å². The zero-order chi connectivity index (χ0) is 15.2. The predicted octanol–water partition coefficient (Wildman–Crippen LogP) is 0.466. The maximum Gasteiger partial charge on any atom is 0.236 e. The molecule has 0 fully saturated rings. The van der Waals surface area contributed by atoms with E-state index < -0.39 is 0 Å². The van der Waals surface area contributed by atoms with Gasteiger partial charge in [-0.1, -0.05) is 6.92 Å². The highest BCUT2D eigenvalue weighted by atomic mass is 16.5. The number of rotatable bonds is 13. The van der Waals surface area contributed by atoms with E-state index in [2.05, 4.69) is 6.92 Å². The molecule has 6 nitrogen and oxygen atoms in total. The minimum absolute atomic E-state index is 0.126. The molecule has 0 atom stereocenters. The standard InChI is InChI=1S/C14H30N2O4/c1-5-6-15(2)13-14(17)16(3)7-8-19-11-12-20-10-9-18-4/h5-13H2,1-4H3. The molecule has 0 radical (unpaired) electrons. The zero-order valence-electron chi connectivity index (χ0n) is 13.4. The Labute approximate surface area is 123 Å². The van der Waals surface area contributed by atoms with Gasteiger partial charge in [-0.05, 0) is 20.0 Å². The van der Waals surface area contributed by atoms with Crippen LogP contribution in [0, 0.1) is 0 Å². The van der Waals surface area contributed by atoms with Crippen molar-refractivity contribution in [3.63, 3.8) is 0 Å². The molecular weight excluding hydrogens is 260 g/mol. The zero-order valence-corrected chi connectivity index (χ0v) is 13.4. The molecule has 0 aromatic rings. The number of carbonyl (C=O) groups is 1. The van der Waals surface area contributed by atoms with Gasteiger partial charge in [-0.3, -0.25) is 9.69 Å². The highest BCUT2D eigenvalue weighted by molar-refractivity contribution is 5.77. The van der Waals surface area contributed by atoms with Crippen LogP contribution in [-0.2, 0) is 19.0 Å². The van der Waals surface area contributed by atoms with E-state index in [9.17, 15) is 4.79 Å². The Kier molecular flexibility index (Phi) is 12.8. The highest BCUT2D eigenvalue weighted by Crippen LogP contribution is 1.92.